The molecule has 4 aromatic rings. The third-order valence-electron chi connectivity index (χ3n) is 4.52. The van der Waals surface area contributed by atoms with E-state index in [9.17, 15) is 9.90 Å². The molecule has 0 spiro atoms. The third kappa shape index (κ3) is 2.34. The fourth-order valence-corrected chi connectivity index (χ4v) is 2.99. The maximum absolute atomic E-state index is 12.8. The van der Waals surface area contributed by atoms with Crippen LogP contribution in [0.3, 0.4) is 0 Å². The van der Waals surface area contributed by atoms with E-state index < -0.39 is 5.54 Å². The van der Waals surface area contributed by atoms with Gasteiger partial charge < -0.3 is 9.67 Å². The predicted molar refractivity (Wildman–Crippen MR) is 96.6 cm³/mol. The fraction of sp³-hybridized carbons (Fsp3) is 0.211. The number of hydrogen-bond donors (Lipinski definition) is 1. The smallest absolute Gasteiger partial charge is 0.262 e. The maximum atomic E-state index is 12.8. The predicted octanol–water partition coefficient (Wildman–Crippen LogP) is 2.44. The minimum Gasteiger partial charge on any atom is -0.394 e. The Morgan fingerprint density at radius 3 is 2.60 bits per heavy atom. The van der Waals surface area contributed by atoms with Gasteiger partial charge in [-0.1, -0.05) is 30.3 Å². The minimum absolute atomic E-state index is 0.131. The highest BCUT2D eigenvalue weighted by Gasteiger charge is 2.22. The quantitative estimate of drug-likeness (QED) is 0.624. The molecule has 3 aromatic heterocycles. The normalized spacial score (nSPS) is 12.1. The van der Waals surface area contributed by atoms with Crippen LogP contribution in [-0.2, 0) is 5.54 Å². The molecule has 4 rings (SSSR count). The van der Waals surface area contributed by atoms with Crippen molar-refractivity contribution in [3.05, 3.63) is 65.3 Å². The summed E-state index contributed by atoms with van der Waals surface area (Å²) < 4.78 is 3.22. The van der Waals surface area contributed by atoms with Crippen molar-refractivity contribution in [2.24, 2.45) is 0 Å². The van der Waals surface area contributed by atoms with Gasteiger partial charge >= 0.3 is 0 Å². The van der Waals surface area contributed by atoms with E-state index in [2.05, 4.69) is 10.1 Å². The Hall–Kier alpha value is -2.99. The second kappa shape index (κ2) is 5.53. The van der Waals surface area contributed by atoms with E-state index in [0.29, 0.717) is 16.6 Å². The molecule has 0 atom stereocenters. The molecule has 0 saturated heterocycles. The largest absolute Gasteiger partial charge is 0.394 e. The van der Waals surface area contributed by atoms with E-state index in [1.807, 2.05) is 50.2 Å². The molecule has 0 aliphatic carbocycles. The molecule has 0 saturated carbocycles. The Morgan fingerprint density at radius 1 is 1.12 bits per heavy atom. The van der Waals surface area contributed by atoms with Crippen molar-refractivity contribution in [2.75, 3.05) is 6.61 Å². The molecule has 0 bridgehead atoms. The molecule has 3 heterocycles. The van der Waals surface area contributed by atoms with Crippen LogP contribution in [0.25, 0.3) is 27.7 Å². The molecular formula is C19H18N4O2. The van der Waals surface area contributed by atoms with E-state index in [0.717, 1.165) is 11.1 Å². The molecule has 126 valence electrons. The number of aromatic nitrogens is 4. The van der Waals surface area contributed by atoms with Crippen LogP contribution in [0.2, 0.25) is 0 Å². The van der Waals surface area contributed by atoms with Crippen molar-refractivity contribution < 1.29 is 5.11 Å². The monoisotopic (exact) mass is 334 g/mol. The summed E-state index contributed by atoms with van der Waals surface area (Å²) in [5, 5.41) is 14.5. The van der Waals surface area contributed by atoms with E-state index in [-0.39, 0.29) is 12.2 Å². The lowest BCUT2D eigenvalue weighted by Crippen LogP contribution is -2.38. The lowest BCUT2D eigenvalue weighted by Gasteiger charge is -2.25. The average molecular weight is 334 g/mol. The molecule has 0 aliphatic rings. The van der Waals surface area contributed by atoms with Gasteiger partial charge in [0.05, 0.1) is 29.2 Å². The summed E-state index contributed by atoms with van der Waals surface area (Å²) in [6, 6.07) is 11.7. The molecule has 6 heteroatoms. The zero-order chi connectivity index (χ0) is 17.6. The van der Waals surface area contributed by atoms with Crippen molar-refractivity contribution in [1.29, 1.82) is 0 Å². The van der Waals surface area contributed by atoms with E-state index in [1.54, 1.807) is 23.1 Å². The van der Waals surface area contributed by atoms with E-state index in [4.69, 9.17) is 0 Å². The number of aliphatic hydroxyl groups excluding tert-OH is 1. The first-order valence-electron chi connectivity index (χ1n) is 8.08. The highest BCUT2D eigenvalue weighted by molar-refractivity contribution is 5.85. The molecule has 0 amide bonds. The Morgan fingerprint density at radius 2 is 1.88 bits per heavy atom. The molecule has 6 nitrogen and oxygen atoms in total. The molecule has 0 unspecified atom stereocenters. The molecule has 1 aromatic carbocycles. The number of aliphatic hydroxyl groups is 1. The van der Waals surface area contributed by atoms with Crippen LogP contribution in [-0.4, -0.2) is 30.9 Å². The SMILES string of the molecule is CC(C)(CO)n1ccc2c(cnc3c(-c4ccccc4)cnn32)c1=O. The van der Waals surface area contributed by atoms with Crippen molar-refractivity contribution >= 4 is 16.6 Å². The van der Waals surface area contributed by atoms with Crippen LogP contribution >= 0.6 is 0 Å². The van der Waals surface area contributed by atoms with Gasteiger partial charge in [-0.25, -0.2) is 9.50 Å². The fourth-order valence-electron chi connectivity index (χ4n) is 2.99. The van der Waals surface area contributed by atoms with Crippen molar-refractivity contribution in [1.82, 2.24) is 19.2 Å². The van der Waals surface area contributed by atoms with Crippen LogP contribution in [0.4, 0.5) is 0 Å². The number of hydrogen-bond acceptors (Lipinski definition) is 4. The van der Waals surface area contributed by atoms with E-state index in [1.165, 1.54) is 4.57 Å². The van der Waals surface area contributed by atoms with Gasteiger partial charge in [0.15, 0.2) is 5.65 Å². The lowest BCUT2D eigenvalue weighted by molar-refractivity contribution is 0.161. The Labute approximate surface area is 144 Å². The standard InChI is InChI=1S/C19H18N4O2/c1-19(2,12-24)22-9-8-16-15(18(22)25)10-20-17-14(11-21-23(16)17)13-6-4-3-5-7-13/h3-11,24H,12H2,1-2H3. The zero-order valence-corrected chi connectivity index (χ0v) is 14.0. The van der Waals surface area contributed by atoms with Gasteiger partial charge in [0.2, 0.25) is 0 Å². The molecule has 1 N–H and O–H groups in total. The summed E-state index contributed by atoms with van der Waals surface area (Å²) >= 11 is 0. The first-order chi connectivity index (χ1) is 12.0. The Balaban J connectivity index is 1.99. The van der Waals surface area contributed by atoms with Gasteiger partial charge in [0.1, 0.15) is 0 Å². The molecule has 25 heavy (non-hydrogen) atoms. The first-order valence-corrected chi connectivity index (χ1v) is 8.08. The summed E-state index contributed by atoms with van der Waals surface area (Å²) in [6.07, 6.45) is 5.05. The number of rotatable bonds is 3. The van der Waals surface area contributed by atoms with Gasteiger partial charge in [-0.15, -0.1) is 0 Å². The molecular weight excluding hydrogens is 316 g/mol. The third-order valence-corrected chi connectivity index (χ3v) is 4.52. The van der Waals surface area contributed by atoms with Crippen molar-refractivity contribution in [3.63, 3.8) is 0 Å². The van der Waals surface area contributed by atoms with Crippen LogP contribution in [0.1, 0.15) is 13.8 Å². The highest BCUT2D eigenvalue weighted by Crippen LogP contribution is 2.25. The van der Waals surface area contributed by atoms with Gasteiger partial charge in [-0.2, -0.15) is 5.10 Å². The summed E-state index contributed by atoms with van der Waals surface area (Å²) in [4.78, 5) is 17.3. The van der Waals surface area contributed by atoms with Crippen LogP contribution in [0.15, 0.2) is 59.8 Å². The number of fused-ring (bicyclic) bond motifs is 3. The number of pyridine rings is 1. The van der Waals surface area contributed by atoms with Gasteiger partial charge in [-0.3, -0.25) is 4.79 Å². The van der Waals surface area contributed by atoms with Crippen molar-refractivity contribution in [3.8, 4) is 11.1 Å². The first kappa shape index (κ1) is 15.5. The maximum Gasteiger partial charge on any atom is 0.262 e. The second-order valence-corrected chi connectivity index (χ2v) is 6.68. The summed E-state index contributed by atoms with van der Waals surface area (Å²) in [6.45, 7) is 3.50. The molecule has 0 fully saturated rings. The molecule has 0 radical (unpaired) electrons. The second-order valence-electron chi connectivity index (χ2n) is 6.68. The van der Waals surface area contributed by atoms with Crippen LogP contribution in [0.5, 0.6) is 0 Å². The number of nitrogens with zero attached hydrogens (tertiary/aromatic N) is 4. The van der Waals surface area contributed by atoms with Crippen molar-refractivity contribution in [2.45, 2.75) is 19.4 Å². The van der Waals surface area contributed by atoms with Crippen LogP contribution < -0.4 is 5.56 Å². The van der Waals surface area contributed by atoms with Gasteiger partial charge in [0, 0.05) is 18.0 Å². The summed E-state index contributed by atoms with van der Waals surface area (Å²) in [5.41, 5.74) is 2.48. The topological polar surface area (TPSA) is 72.4 Å². The van der Waals surface area contributed by atoms with Gasteiger partial charge in [0.25, 0.3) is 5.56 Å². The Kier molecular flexibility index (Phi) is 3.43. The highest BCUT2D eigenvalue weighted by atomic mass is 16.3. The number of benzene rings is 1. The average Bonchev–Trinajstić information content (AvgIpc) is 3.07. The van der Waals surface area contributed by atoms with Gasteiger partial charge in [-0.05, 0) is 25.5 Å². The Bertz CT molecular complexity index is 1130. The zero-order valence-electron chi connectivity index (χ0n) is 14.0. The summed E-state index contributed by atoms with van der Waals surface area (Å²) in [5.74, 6) is 0. The molecule has 0 aliphatic heterocycles. The summed E-state index contributed by atoms with van der Waals surface area (Å²) in [7, 11) is 0. The van der Waals surface area contributed by atoms with E-state index >= 15 is 0 Å². The minimum atomic E-state index is -0.681. The van der Waals surface area contributed by atoms with Crippen LogP contribution in [0, 0.1) is 0 Å². The lowest BCUT2D eigenvalue weighted by atomic mass is 10.1.